The first-order valence-corrected chi connectivity index (χ1v) is 6.19. The van der Waals surface area contributed by atoms with Gasteiger partial charge in [0.2, 0.25) is 0 Å². The zero-order valence-corrected chi connectivity index (χ0v) is 11.6. The highest BCUT2D eigenvalue weighted by Crippen LogP contribution is 2.09. The van der Waals surface area contributed by atoms with Crippen LogP contribution in [-0.2, 0) is 6.54 Å². The molecule has 0 radical (unpaired) electrons. The standard InChI is InChI=1S/C12H10BrN3O3/c1-7-15-5-9(13)11(17)16(7)6-10-8(12(18)19)3-2-4-14-10/h2-5H,6H2,1H3,(H,18,19). The average Bonchev–Trinajstić information content (AvgIpc) is 2.39. The van der Waals surface area contributed by atoms with Crippen LogP contribution in [0, 0.1) is 6.92 Å². The summed E-state index contributed by atoms with van der Waals surface area (Å²) in [5.74, 6) is -0.577. The van der Waals surface area contributed by atoms with Crippen molar-refractivity contribution in [1.82, 2.24) is 14.5 Å². The maximum Gasteiger partial charge on any atom is 0.337 e. The van der Waals surface area contributed by atoms with Crippen molar-refractivity contribution in [3.8, 4) is 0 Å². The fourth-order valence-electron chi connectivity index (χ4n) is 1.65. The number of hydrogen-bond acceptors (Lipinski definition) is 4. The van der Waals surface area contributed by atoms with Gasteiger partial charge in [-0.05, 0) is 35.0 Å². The Bertz CT molecular complexity index is 697. The van der Waals surface area contributed by atoms with Crippen molar-refractivity contribution >= 4 is 21.9 Å². The van der Waals surface area contributed by atoms with Crippen LogP contribution in [0.1, 0.15) is 21.9 Å². The van der Waals surface area contributed by atoms with E-state index in [4.69, 9.17) is 5.11 Å². The molecule has 0 aromatic carbocycles. The lowest BCUT2D eigenvalue weighted by Crippen LogP contribution is -2.25. The van der Waals surface area contributed by atoms with E-state index < -0.39 is 5.97 Å². The molecule has 0 aliphatic heterocycles. The second kappa shape index (κ2) is 5.31. The Kier molecular flexibility index (Phi) is 3.75. The number of aromatic carboxylic acids is 1. The molecule has 2 aromatic heterocycles. The van der Waals surface area contributed by atoms with Crippen molar-refractivity contribution in [1.29, 1.82) is 0 Å². The van der Waals surface area contributed by atoms with Crippen LogP contribution in [0.25, 0.3) is 0 Å². The molecule has 0 amide bonds. The van der Waals surface area contributed by atoms with Crippen molar-refractivity contribution in [2.45, 2.75) is 13.5 Å². The van der Waals surface area contributed by atoms with Crippen LogP contribution in [0.5, 0.6) is 0 Å². The third kappa shape index (κ3) is 2.70. The zero-order chi connectivity index (χ0) is 14.0. The van der Waals surface area contributed by atoms with Gasteiger partial charge in [-0.3, -0.25) is 14.3 Å². The number of nitrogens with zero attached hydrogens (tertiary/aromatic N) is 3. The Morgan fingerprint density at radius 1 is 1.47 bits per heavy atom. The van der Waals surface area contributed by atoms with Crippen LogP contribution in [0.4, 0.5) is 0 Å². The van der Waals surface area contributed by atoms with E-state index >= 15 is 0 Å². The second-order valence-corrected chi connectivity index (χ2v) is 4.70. The summed E-state index contributed by atoms with van der Waals surface area (Å²) < 4.78 is 1.70. The van der Waals surface area contributed by atoms with E-state index in [0.717, 1.165) is 0 Å². The first-order valence-electron chi connectivity index (χ1n) is 5.40. The van der Waals surface area contributed by atoms with Gasteiger partial charge in [0.25, 0.3) is 5.56 Å². The molecule has 0 saturated carbocycles. The van der Waals surface area contributed by atoms with E-state index in [1.54, 1.807) is 13.0 Å². The number of carbonyl (C=O) groups is 1. The molecule has 2 rings (SSSR count). The van der Waals surface area contributed by atoms with Gasteiger partial charge in [0.1, 0.15) is 10.3 Å². The molecule has 7 heteroatoms. The van der Waals surface area contributed by atoms with Gasteiger partial charge >= 0.3 is 5.97 Å². The molecule has 0 aliphatic rings. The van der Waals surface area contributed by atoms with Gasteiger partial charge in [-0.2, -0.15) is 0 Å². The van der Waals surface area contributed by atoms with Crippen molar-refractivity contribution in [2.75, 3.05) is 0 Å². The summed E-state index contributed by atoms with van der Waals surface area (Å²) in [6, 6.07) is 3.00. The van der Waals surface area contributed by atoms with Gasteiger partial charge in [-0.15, -0.1) is 0 Å². The molecule has 0 bridgehead atoms. The zero-order valence-electron chi connectivity index (χ0n) is 10.00. The van der Waals surface area contributed by atoms with Gasteiger partial charge < -0.3 is 5.11 Å². The van der Waals surface area contributed by atoms with Crippen LogP contribution in [0.15, 0.2) is 33.8 Å². The van der Waals surface area contributed by atoms with Crippen LogP contribution in [0.2, 0.25) is 0 Å². The Morgan fingerprint density at radius 2 is 2.21 bits per heavy atom. The molecule has 1 N–H and O–H groups in total. The topological polar surface area (TPSA) is 85.1 Å². The lowest BCUT2D eigenvalue weighted by Gasteiger charge is -2.10. The number of halogens is 1. The van der Waals surface area contributed by atoms with E-state index in [0.29, 0.717) is 16.0 Å². The molecule has 2 heterocycles. The number of pyridine rings is 1. The van der Waals surface area contributed by atoms with E-state index in [1.165, 1.54) is 23.0 Å². The van der Waals surface area contributed by atoms with E-state index in [9.17, 15) is 9.59 Å². The Balaban J connectivity index is 2.51. The minimum Gasteiger partial charge on any atom is -0.478 e. The SMILES string of the molecule is Cc1ncc(Br)c(=O)n1Cc1ncccc1C(=O)O. The van der Waals surface area contributed by atoms with Gasteiger partial charge in [0, 0.05) is 12.4 Å². The summed E-state index contributed by atoms with van der Waals surface area (Å²) in [5.41, 5.74) is 0.128. The number of rotatable bonds is 3. The summed E-state index contributed by atoms with van der Waals surface area (Å²) >= 11 is 3.11. The largest absolute Gasteiger partial charge is 0.478 e. The molecule has 0 unspecified atom stereocenters. The fourth-order valence-corrected chi connectivity index (χ4v) is 1.96. The van der Waals surface area contributed by atoms with Crippen molar-refractivity contribution in [2.24, 2.45) is 0 Å². The number of aromatic nitrogens is 3. The normalized spacial score (nSPS) is 10.4. The van der Waals surface area contributed by atoms with Crippen LogP contribution >= 0.6 is 15.9 Å². The smallest absolute Gasteiger partial charge is 0.337 e. The quantitative estimate of drug-likeness (QED) is 0.924. The maximum absolute atomic E-state index is 12.0. The predicted octanol–water partition coefficient (Wildman–Crippen LogP) is 1.46. The maximum atomic E-state index is 12.0. The molecule has 0 fully saturated rings. The third-order valence-electron chi connectivity index (χ3n) is 2.63. The molecule has 6 nitrogen and oxygen atoms in total. The number of carboxylic acid groups (broad SMARTS) is 1. The number of aryl methyl sites for hydroxylation is 1. The molecule has 0 saturated heterocycles. The van der Waals surface area contributed by atoms with Gasteiger partial charge in [-0.25, -0.2) is 9.78 Å². The van der Waals surface area contributed by atoms with Gasteiger partial charge in [0.15, 0.2) is 0 Å². The van der Waals surface area contributed by atoms with Crippen molar-refractivity contribution < 1.29 is 9.90 Å². The number of carboxylic acids is 1. The van der Waals surface area contributed by atoms with E-state index in [1.807, 2.05) is 0 Å². The first kappa shape index (κ1) is 13.4. The number of hydrogen-bond donors (Lipinski definition) is 1. The monoisotopic (exact) mass is 323 g/mol. The summed E-state index contributed by atoms with van der Waals surface area (Å²) in [5, 5.41) is 9.08. The van der Waals surface area contributed by atoms with Crippen molar-refractivity contribution in [3.05, 3.63) is 56.4 Å². The molecule has 19 heavy (non-hydrogen) atoms. The summed E-state index contributed by atoms with van der Waals surface area (Å²) in [4.78, 5) is 31.1. The molecule has 0 spiro atoms. The van der Waals surface area contributed by atoms with Gasteiger partial charge in [0.05, 0.1) is 17.8 Å². The van der Waals surface area contributed by atoms with E-state index in [-0.39, 0.29) is 17.7 Å². The average molecular weight is 324 g/mol. The molecule has 2 aromatic rings. The van der Waals surface area contributed by atoms with E-state index in [2.05, 4.69) is 25.9 Å². The van der Waals surface area contributed by atoms with Crippen LogP contribution in [-0.4, -0.2) is 25.6 Å². The summed E-state index contributed by atoms with van der Waals surface area (Å²) in [6.45, 7) is 1.75. The van der Waals surface area contributed by atoms with Crippen molar-refractivity contribution in [3.63, 3.8) is 0 Å². The lowest BCUT2D eigenvalue weighted by atomic mass is 10.2. The summed E-state index contributed by atoms with van der Waals surface area (Å²) in [6.07, 6.45) is 2.91. The lowest BCUT2D eigenvalue weighted by molar-refractivity contribution is 0.0695. The molecular weight excluding hydrogens is 314 g/mol. The predicted molar refractivity (Wildman–Crippen MR) is 71.2 cm³/mol. The second-order valence-electron chi connectivity index (χ2n) is 3.85. The van der Waals surface area contributed by atoms with Crippen LogP contribution < -0.4 is 5.56 Å². The Morgan fingerprint density at radius 3 is 2.89 bits per heavy atom. The molecule has 98 valence electrons. The third-order valence-corrected chi connectivity index (χ3v) is 3.18. The Labute approximate surface area is 116 Å². The van der Waals surface area contributed by atoms with Crippen LogP contribution in [0.3, 0.4) is 0 Å². The highest BCUT2D eigenvalue weighted by molar-refractivity contribution is 9.10. The molecular formula is C12H10BrN3O3. The molecule has 0 aliphatic carbocycles. The minimum atomic E-state index is -1.07. The Hall–Kier alpha value is -2.02. The first-order chi connectivity index (χ1) is 9.00. The molecule has 0 atom stereocenters. The summed E-state index contributed by atoms with van der Waals surface area (Å²) in [7, 11) is 0. The highest BCUT2D eigenvalue weighted by atomic mass is 79.9. The highest BCUT2D eigenvalue weighted by Gasteiger charge is 2.13. The minimum absolute atomic E-state index is 0.0690. The fraction of sp³-hybridized carbons (Fsp3) is 0.167. The van der Waals surface area contributed by atoms with Gasteiger partial charge in [-0.1, -0.05) is 0 Å².